The maximum Gasteiger partial charge on any atom is 0.168 e. The van der Waals surface area contributed by atoms with Crippen molar-refractivity contribution in [3.63, 3.8) is 0 Å². The van der Waals surface area contributed by atoms with Crippen LogP contribution in [0.25, 0.3) is 93.4 Å². The fourth-order valence-electron chi connectivity index (χ4n) is 13.1. The first-order valence-corrected chi connectivity index (χ1v) is 27.9. The van der Waals surface area contributed by atoms with Gasteiger partial charge in [0.15, 0.2) is 29.1 Å². The standard InChI is InChI=1S/C73H46N6S/c1-5-23-49(24-6-1)68-77-78-69(50-25-7-2-8-26-50)79(68)63-46-45-53(66-65(63)58-35-17-22-40-64(58)80-66)47-41-43-48(44-42-47)67-74-70(72(51-27-9-3-10-28-51)59-36-18-13-31-54(59)55-32-14-19-37-60(55)72)76-71(75-67)73(52-29-11-4-12-30-52)61-38-20-15-33-56(61)57-34-16-21-39-62(57)73/h1-46H. The molecule has 0 amide bonds. The van der Waals surface area contributed by atoms with Crippen molar-refractivity contribution in [3.05, 3.63) is 324 Å². The summed E-state index contributed by atoms with van der Waals surface area (Å²) in [5.74, 6) is 3.51. The first kappa shape index (κ1) is 45.9. The molecule has 0 fully saturated rings. The lowest BCUT2D eigenvalue weighted by Gasteiger charge is -2.35. The molecule has 0 aliphatic heterocycles. The molecule has 3 heterocycles. The molecule has 0 N–H and O–H groups in total. The number of hydrogen-bond donors (Lipinski definition) is 0. The summed E-state index contributed by atoms with van der Waals surface area (Å²) in [6.07, 6.45) is 0. The molecule has 374 valence electrons. The van der Waals surface area contributed by atoms with Gasteiger partial charge in [0.1, 0.15) is 10.8 Å². The predicted molar refractivity (Wildman–Crippen MR) is 324 cm³/mol. The van der Waals surface area contributed by atoms with Crippen molar-refractivity contribution >= 4 is 31.5 Å². The topological polar surface area (TPSA) is 69.4 Å². The van der Waals surface area contributed by atoms with Crippen LogP contribution in [0.3, 0.4) is 0 Å². The van der Waals surface area contributed by atoms with E-state index in [1.54, 1.807) is 0 Å². The smallest absolute Gasteiger partial charge is 0.168 e. The lowest BCUT2D eigenvalue weighted by molar-refractivity contribution is 0.631. The number of nitrogens with zero attached hydrogens (tertiary/aromatic N) is 6. The summed E-state index contributed by atoms with van der Waals surface area (Å²) in [5, 5.41) is 12.1. The zero-order valence-corrected chi connectivity index (χ0v) is 44.0. The summed E-state index contributed by atoms with van der Waals surface area (Å²) < 4.78 is 4.62. The predicted octanol–water partition coefficient (Wildman–Crippen LogP) is 17.2. The van der Waals surface area contributed by atoms with Crippen molar-refractivity contribution in [2.24, 2.45) is 0 Å². The largest absolute Gasteiger partial charge is 0.274 e. The molecule has 0 spiro atoms. The number of hydrogen-bond acceptors (Lipinski definition) is 6. The number of benzene rings is 11. The SMILES string of the molecule is c1ccc(-c2nnc(-c3ccccc3)n2-c2ccc(-c3ccc(-c4nc(C5(c6ccccc6)c6ccccc6-c6ccccc65)nc(C5(c6ccccc6)c6ccccc6-c6ccccc65)n4)cc3)c3sc4ccccc4c23)cc1. The van der Waals surface area contributed by atoms with Gasteiger partial charge in [-0.1, -0.05) is 267 Å². The zero-order chi connectivity index (χ0) is 52.8. The van der Waals surface area contributed by atoms with Crippen molar-refractivity contribution in [1.29, 1.82) is 0 Å². The fraction of sp³-hybridized carbons (Fsp3) is 0.0274. The minimum Gasteiger partial charge on any atom is -0.274 e. The second-order valence-corrected chi connectivity index (χ2v) is 21.7. The molecule has 11 aromatic carbocycles. The molecule has 3 aromatic heterocycles. The molecular weight excluding hydrogens is 993 g/mol. The quantitative estimate of drug-likeness (QED) is 0.144. The van der Waals surface area contributed by atoms with Gasteiger partial charge in [-0.3, -0.25) is 4.57 Å². The van der Waals surface area contributed by atoms with Crippen molar-refractivity contribution in [2.45, 2.75) is 10.8 Å². The van der Waals surface area contributed by atoms with Crippen LogP contribution in [0.1, 0.15) is 45.0 Å². The van der Waals surface area contributed by atoms with Crippen molar-refractivity contribution in [2.75, 3.05) is 0 Å². The van der Waals surface area contributed by atoms with E-state index in [0.717, 1.165) is 83.9 Å². The molecule has 6 nitrogen and oxygen atoms in total. The van der Waals surface area contributed by atoms with E-state index in [1.165, 1.54) is 37.0 Å². The maximum absolute atomic E-state index is 5.98. The average molecular weight is 1040 g/mol. The van der Waals surface area contributed by atoms with Gasteiger partial charge in [-0.05, 0) is 78.9 Å². The van der Waals surface area contributed by atoms with Crippen LogP contribution in [0.2, 0.25) is 0 Å². The van der Waals surface area contributed by atoms with Gasteiger partial charge in [-0.2, -0.15) is 0 Å². The van der Waals surface area contributed by atoms with Gasteiger partial charge in [0.25, 0.3) is 0 Å². The minimum atomic E-state index is -0.892. The van der Waals surface area contributed by atoms with Crippen molar-refractivity contribution < 1.29 is 0 Å². The summed E-state index contributed by atoms with van der Waals surface area (Å²) in [5.41, 5.74) is 15.7. The van der Waals surface area contributed by atoms with Crippen LogP contribution in [0.5, 0.6) is 0 Å². The van der Waals surface area contributed by atoms with Crippen LogP contribution in [0.15, 0.2) is 279 Å². The Hall–Kier alpha value is -10.2. The third-order valence-electron chi connectivity index (χ3n) is 16.6. The molecule has 0 atom stereocenters. The van der Waals surface area contributed by atoms with E-state index in [9.17, 15) is 0 Å². The summed E-state index contributed by atoms with van der Waals surface area (Å²) in [6.45, 7) is 0. The number of thiophene rings is 1. The van der Waals surface area contributed by atoms with Gasteiger partial charge in [-0.15, -0.1) is 21.5 Å². The Morgan fingerprint density at radius 2 is 0.713 bits per heavy atom. The second-order valence-electron chi connectivity index (χ2n) is 20.6. The summed E-state index contributed by atoms with van der Waals surface area (Å²) in [6, 6.07) is 99.6. The van der Waals surface area contributed by atoms with Gasteiger partial charge < -0.3 is 0 Å². The van der Waals surface area contributed by atoms with E-state index < -0.39 is 10.8 Å². The van der Waals surface area contributed by atoms with Crippen molar-refractivity contribution in [1.82, 2.24) is 29.7 Å². The van der Waals surface area contributed by atoms with Crippen LogP contribution in [-0.4, -0.2) is 29.7 Å². The van der Waals surface area contributed by atoms with E-state index in [1.807, 2.05) is 23.5 Å². The number of aromatic nitrogens is 6. The molecule has 0 bridgehead atoms. The van der Waals surface area contributed by atoms with E-state index >= 15 is 0 Å². The van der Waals surface area contributed by atoms with Gasteiger partial charge in [0, 0.05) is 36.9 Å². The van der Waals surface area contributed by atoms with Gasteiger partial charge in [0.2, 0.25) is 0 Å². The summed E-state index contributed by atoms with van der Waals surface area (Å²) >= 11 is 1.82. The normalized spacial score (nSPS) is 13.4. The Kier molecular flexibility index (Phi) is 10.5. The summed E-state index contributed by atoms with van der Waals surface area (Å²) in [7, 11) is 0. The first-order valence-electron chi connectivity index (χ1n) is 27.1. The summed E-state index contributed by atoms with van der Waals surface area (Å²) in [4.78, 5) is 17.6. The molecule has 16 rings (SSSR count). The highest BCUT2D eigenvalue weighted by atomic mass is 32.1. The molecule has 0 radical (unpaired) electrons. The molecule has 0 saturated carbocycles. The van der Waals surface area contributed by atoms with Crippen LogP contribution < -0.4 is 0 Å². The van der Waals surface area contributed by atoms with E-state index in [0.29, 0.717) is 17.5 Å². The first-order chi connectivity index (χ1) is 39.7. The monoisotopic (exact) mass is 1040 g/mol. The lowest BCUT2D eigenvalue weighted by Crippen LogP contribution is -2.36. The van der Waals surface area contributed by atoms with Crippen LogP contribution in [-0.2, 0) is 10.8 Å². The molecule has 80 heavy (non-hydrogen) atoms. The molecule has 7 heteroatoms. The van der Waals surface area contributed by atoms with E-state index in [4.69, 9.17) is 25.1 Å². The molecule has 0 unspecified atom stereocenters. The lowest BCUT2D eigenvalue weighted by atomic mass is 9.70. The Balaban J connectivity index is 0.938. The Labute approximate surface area is 466 Å². The molecule has 0 saturated heterocycles. The highest BCUT2D eigenvalue weighted by molar-refractivity contribution is 7.26. The Morgan fingerprint density at radius 3 is 1.19 bits per heavy atom. The van der Waals surface area contributed by atoms with Gasteiger partial charge in [0.05, 0.1) is 5.69 Å². The van der Waals surface area contributed by atoms with E-state index in [-0.39, 0.29) is 0 Å². The molecule has 14 aromatic rings. The van der Waals surface area contributed by atoms with Crippen LogP contribution in [0.4, 0.5) is 0 Å². The second kappa shape index (κ2) is 18.2. The minimum absolute atomic E-state index is 0.600. The molecule has 2 aliphatic carbocycles. The average Bonchev–Trinajstić information content (AvgIpc) is 4.20. The highest BCUT2D eigenvalue weighted by Gasteiger charge is 2.52. The highest BCUT2D eigenvalue weighted by Crippen LogP contribution is 2.58. The van der Waals surface area contributed by atoms with Gasteiger partial charge >= 0.3 is 0 Å². The third-order valence-corrected chi connectivity index (χ3v) is 17.8. The van der Waals surface area contributed by atoms with Crippen LogP contribution >= 0.6 is 11.3 Å². The molecule has 2 aliphatic rings. The zero-order valence-electron chi connectivity index (χ0n) is 43.1. The Morgan fingerprint density at radius 1 is 0.312 bits per heavy atom. The third kappa shape index (κ3) is 6.68. The van der Waals surface area contributed by atoms with Gasteiger partial charge in [-0.25, -0.2) is 15.0 Å². The number of rotatable bonds is 9. The fourth-order valence-corrected chi connectivity index (χ4v) is 14.4. The maximum atomic E-state index is 5.98. The van der Waals surface area contributed by atoms with Crippen molar-refractivity contribution in [3.8, 4) is 73.2 Å². The van der Waals surface area contributed by atoms with Crippen LogP contribution in [0, 0.1) is 0 Å². The Bertz CT molecular complexity index is 4400. The number of fused-ring (bicyclic) bond motifs is 9. The molecular formula is C73H46N6S. The van der Waals surface area contributed by atoms with E-state index in [2.05, 4.69) is 271 Å².